The minimum absolute atomic E-state index is 0.248. The Morgan fingerprint density at radius 1 is 0.967 bits per heavy atom. The van der Waals surface area contributed by atoms with Crippen molar-refractivity contribution >= 4 is 5.91 Å². The van der Waals surface area contributed by atoms with Crippen LogP contribution in [0.2, 0.25) is 0 Å². The highest BCUT2D eigenvalue weighted by atomic mass is 16.5. The summed E-state index contributed by atoms with van der Waals surface area (Å²) < 4.78 is 15.7. The Bertz CT molecular complexity index is 1140. The van der Waals surface area contributed by atoms with E-state index in [1.807, 2.05) is 13.8 Å². The van der Waals surface area contributed by atoms with Crippen molar-refractivity contribution in [3.63, 3.8) is 0 Å². The number of aryl methyl sites for hydroxylation is 3. The van der Waals surface area contributed by atoms with Gasteiger partial charge in [0.05, 0.1) is 5.69 Å². The number of nitrogens with zero attached hydrogens (tertiary/aromatic N) is 5. The van der Waals surface area contributed by atoms with Crippen LogP contribution in [-0.2, 0) is 12.8 Å². The van der Waals surface area contributed by atoms with Crippen LogP contribution >= 0.6 is 0 Å². The van der Waals surface area contributed by atoms with Crippen LogP contribution in [0.15, 0.2) is 38.1 Å². The van der Waals surface area contributed by atoms with Gasteiger partial charge < -0.3 is 18.9 Å². The van der Waals surface area contributed by atoms with Crippen LogP contribution < -0.4 is 5.32 Å². The number of carbonyl (C=O) groups is 1. The molecule has 1 amide bonds. The number of rotatable bonds is 7. The average Bonchev–Trinajstić information content (AvgIpc) is 3.45. The van der Waals surface area contributed by atoms with E-state index in [9.17, 15) is 4.79 Å². The molecule has 10 heteroatoms. The summed E-state index contributed by atoms with van der Waals surface area (Å²) in [6.07, 6.45) is 4.18. The third kappa shape index (κ3) is 3.97. The predicted octanol–water partition coefficient (Wildman–Crippen LogP) is 2.60. The number of pyridine rings is 1. The monoisotopic (exact) mass is 408 g/mol. The Morgan fingerprint density at radius 3 is 2.43 bits per heavy atom. The quantitative estimate of drug-likeness (QED) is 0.490. The highest BCUT2D eigenvalue weighted by Crippen LogP contribution is 2.22. The maximum absolute atomic E-state index is 12.7. The Kier molecular flexibility index (Phi) is 5.38. The molecule has 4 aromatic heterocycles. The first kappa shape index (κ1) is 19.5. The van der Waals surface area contributed by atoms with Gasteiger partial charge in [-0.25, -0.2) is 0 Å². The fourth-order valence-corrected chi connectivity index (χ4v) is 3.05. The van der Waals surface area contributed by atoms with E-state index in [-0.39, 0.29) is 11.6 Å². The molecular formula is C20H20N6O4. The summed E-state index contributed by atoms with van der Waals surface area (Å²) in [5.41, 5.74) is 3.45. The van der Waals surface area contributed by atoms with Crippen molar-refractivity contribution < 1.29 is 18.4 Å². The Balaban J connectivity index is 1.39. The fourth-order valence-electron chi connectivity index (χ4n) is 3.05. The van der Waals surface area contributed by atoms with Gasteiger partial charge >= 0.3 is 0 Å². The molecule has 0 saturated heterocycles. The van der Waals surface area contributed by atoms with Crippen LogP contribution in [-0.4, -0.2) is 37.9 Å². The lowest BCUT2D eigenvalue weighted by molar-refractivity contribution is 0.0944. The van der Waals surface area contributed by atoms with E-state index in [2.05, 4.69) is 30.8 Å². The molecule has 0 bridgehead atoms. The van der Waals surface area contributed by atoms with E-state index in [1.54, 1.807) is 31.5 Å². The first-order valence-corrected chi connectivity index (χ1v) is 9.41. The number of amides is 1. The number of nitrogens with one attached hydrogen (secondary N) is 1. The van der Waals surface area contributed by atoms with Crippen molar-refractivity contribution in [3.8, 4) is 11.5 Å². The van der Waals surface area contributed by atoms with Crippen LogP contribution in [0, 0.1) is 20.8 Å². The van der Waals surface area contributed by atoms with Gasteiger partial charge in [0, 0.05) is 48.5 Å². The maximum atomic E-state index is 12.7. The van der Waals surface area contributed by atoms with Gasteiger partial charge in [0.25, 0.3) is 11.8 Å². The van der Waals surface area contributed by atoms with Crippen molar-refractivity contribution in [1.29, 1.82) is 0 Å². The number of carbonyl (C=O) groups excluding carboxylic acids is 1. The van der Waals surface area contributed by atoms with Gasteiger partial charge in [0.15, 0.2) is 11.5 Å². The lowest BCUT2D eigenvalue weighted by Gasteiger charge is -2.04. The number of hydrogen-bond acceptors (Lipinski definition) is 9. The summed E-state index contributed by atoms with van der Waals surface area (Å²) in [6.45, 7) is 5.80. The summed E-state index contributed by atoms with van der Waals surface area (Å²) >= 11 is 0. The zero-order valence-corrected chi connectivity index (χ0v) is 16.8. The molecule has 0 aliphatic heterocycles. The highest BCUT2D eigenvalue weighted by molar-refractivity contribution is 5.93. The van der Waals surface area contributed by atoms with Gasteiger partial charge in [-0.2, -0.15) is 4.98 Å². The Hall–Kier alpha value is -3.82. The summed E-state index contributed by atoms with van der Waals surface area (Å²) in [5.74, 6) is 1.87. The molecule has 154 valence electrons. The van der Waals surface area contributed by atoms with Crippen LogP contribution in [0.4, 0.5) is 0 Å². The first-order chi connectivity index (χ1) is 14.5. The number of hydrogen-bond donors (Lipinski definition) is 1. The summed E-state index contributed by atoms with van der Waals surface area (Å²) in [6, 6.07) is 3.57. The molecular weight excluding hydrogens is 388 g/mol. The third-order valence-electron chi connectivity index (χ3n) is 4.76. The summed E-state index contributed by atoms with van der Waals surface area (Å²) in [7, 11) is 0. The molecule has 0 saturated carbocycles. The van der Waals surface area contributed by atoms with Crippen molar-refractivity contribution in [3.05, 3.63) is 64.4 Å². The minimum atomic E-state index is -0.327. The summed E-state index contributed by atoms with van der Waals surface area (Å²) in [4.78, 5) is 20.9. The minimum Gasteiger partial charge on any atom is -0.361 e. The highest BCUT2D eigenvalue weighted by Gasteiger charge is 2.22. The van der Waals surface area contributed by atoms with Crippen LogP contribution in [0.5, 0.6) is 0 Å². The molecule has 0 atom stereocenters. The van der Waals surface area contributed by atoms with E-state index in [4.69, 9.17) is 13.6 Å². The van der Waals surface area contributed by atoms with E-state index < -0.39 is 0 Å². The van der Waals surface area contributed by atoms with Crippen LogP contribution in [0.1, 0.15) is 44.7 Å². The van der Waals surface area contributed by atoms with Gasteiger partial charge in [-0.1, -0.05) is 15.5 Å². The number of aromatic nitrogens is 5. The standard InChI is InChI=1S/C20H20N6O4/c1-11-15(12(2)28-24-11)10-16-13(3)29-26-18(16)19(27)22-9-6-17-23-20(30-25-17)14-4-7-21-8-5-14/h4-5,7-8H,6,9-10H2,1-3H3,(H,22,27). The summed E-state index contributed by atoms with van der Waals surface area (Å²) in [5, 5.41) is 14.7. The van der Waals surface area contributed by atoms with E-state index in [0.29, 0.717) is 48.2 Å². The average molecular weight is 408 g/mol. The smallest absolute Gasteiger partial charge is 0.273 e. The maximum Gasteiger partial charge on any atom is 0.273 e. The lowest BCUT2D eigenvalue weighted by Crippen LogP contribution is -2.27. The second-order valence-corrected chi connectivity index (χ2v) is 6.80. The molecule has 4 rings (SSSR count). The van der Waals surface area contributed by atoms with Crippen molar-refractivity contribution in [2.45, 2.75) is 33.6 Å². The largest absolute Gasteiger partial charge is 0.361 e. The molecule has 4 heterocycles. The van der Waals surface area contributed by atoms with Gasteiger partial charge in [-0.3, -0.25) is 9.78 Å². The molecule has 0 aliphatic carbocycles. The second-order valence-electron chi connectivity index (χ2n) is 6.80. The Labute approximate surface area is 171 Å². The van der Waals surface area contributed by atoms with E-state index in [0.717, 1.165) is 16.8 Å². The predicted molar refractivity (Wildman–Crippen MR) is 104 cm³/mol. The van der Waals surface area contributed by atoms with E-state index >= 15 is 0 Å². The molecule has 0 radical (unpaired) electrons. The van der Waals surface area contributed by atoms with Crippen LogP contribution in [0.25, 0.3) is 11.5 Å². The topological polar surface area (TPSA) is 133 Å². The first-order valence-electron chi connectivity index (χ1n) is 9.41. The van der Waals surface area contributed by atoms with Gasteiger partial charge in [0.2, 0.25) is 0 Å². The lowest BCUT2D eigenvalue weighted by atomic mass is 10.0. The SMILES string of the molecule is Cc1noc(C)c1Cc1c(C(=O)NCCc2noc(-c3ccncc3)n2)noc1C. The normalized spacial score (nSPS) is 11.0. The van der Waals surface area contributed by atoms with Crippen molar-refractivity contribution in [2.24, 2.45) is 0 Å². The molecule has 30 heavy (non-hydrogen) atoms. The fraction of sp³-hybridized carbons (Fsp3) is 0.300. The van der Waals surface area contributed by atoms with E-state index in [1.165, 1.54) is 0 Å². The molecule has 10 nitrogen and oxygen atoms in total. The zero-order chi connectivity index (χ0) is 21.1. The molecule has 0 fully saturated rings. The van der Waals surface area contributed by atoms with Gasteiger partial charge in [-0.05, 0) is 32.9 Å². The zero-order valence-electron chi connectivity index (χ0n) is 16.8. The van der Waals surface area contributed by atoms with Crippen LogP contribution in [0.3, 0.4) is 0 Å². The third-order valence-corrected chi connectivity index (χ3v) is 4.76. The molecule has 4 aromatic rings. The molecule has 0 unspecified atom stereocenters. The van der Waals surface area contributed by atoms with Gasteiger partial charge in [0.1, 0.15) is 11.5 Å². The molecule has 1 N–H and O–H groups in total. The molecule has 0 aliphatic rings. The molecule has 0 spiro atoms. The molecule has 0 aromatic carbocycles. The Morgan fingerprint density at radius 2 is 1.70 bits per heavy atom. The van der Waals surface area contributed by atoms with Crippen molar-refractivity contribution in [1.82, 2.24) is 30.8 Å². The van der Waals surface area contributed by atoms with Crippen molar-refractivity contribution in [2.75, 3.05) is 6.54 Å². The van der Waals surface area contributed by atoms with Gasteiger partial charge in [-0.15, -0.1) is 0 Å². The second kappa shape index (κ2) is 8.27.